The molecule has 0 saturated heterocycles. The molecular weight excluding hydrogens is 322 g/mol. The molecule has 0 aliphatic rings. The van der Waals surface area contributed by atoms with E-state index in [1.807, 2.05) is 54.6 Å². The van der Waals surface area contributed by atoms with Gasteiger partial charge in [-0.2, -0.15) is 0 Å². The maximum atomic E-state index is 5.90. The van der Waals surface area contributed by atoms with Crippen molar-refractivity contribution in [2.24, 2.45) is 0 Å². The molecule has 0 aliphatic heterocycles. The minimum atomic E-state index is 0.549. The van der Waals surface area contributed by atoms with Crippen LogP contribution in [-0.4, -0.2) is 10.2 Å². The van der Waals surface area contributed by atoms with Gasteiger partial charge in [0.05, 0.1) is 6.54 Å². The van der Waals surface area contributed by atoms with E-state index >= 15 is 0 Å². The molecule has 0 aliphatic carbocycles. The second kappa shape index (κ2) is 7.66. The quantitative estimate of drug-likeness (QED) is 0.498. The van der Waals surface area contributed by atoms with Crippen LogP contribution in [0.5, 0.6) is 0 Å². The first-order chi connectivity index (χ1) is 12.9. The summed E-state index contributed by atoms with van der Waals surface area (Å²) in [6.07, 6.45) is 0. The zero-order valence-corrected chi connectivity index (χ0v) is 14.3. The lowest BCUT2D eigenvalue weighted by atomic mass is 10.2. The minimum Gasteiger partial charge on any atom is -0.419 e. The van der Waals surface area contributed by atoms with E-state index in [-0.39, 0.29) is 0 Å². The van der Waals surface area contributed by atoms with E-state index < -0.39 is 0 Å². The summed E-state index contributed by atoms with van der Waals surface area (Å²) >= 11 is 0. The molecule has 0 unspecified atom stereocenters. The highest BCUT2D eigenvalue weighted by molar-refractivity contribution is 5.52. The summed E-state index contributed by atoms with van der Waals surface area (Å²) in [4.78, 5) is 2.23. The van der Waals surface area contributed by atoms with Crippen LogP contribution in [0.25, 0.3) is 11.5 Å². The van der Waals surface area contributed by atoms with Gasteiger partial charge in [-0.05, 0) is 29.8 Å². The molecule has 4 nitrogen and oxygen atoms in total. The summed E-state index contributed by atoms with van der Waals surface area (Å²) in [6, 6.07) is 30.5. The predicted octanol–water partition coefficient (Wildman–Crippen LogP) is 4.94. The number of aromatic nitrogens is 2. The SMILES string of the molecule is c1ccc(CN(Cc2nnc(-c3ccccc3)o2)c2ccccc2)cc1. The van der Waals surface area contributed by atoms with Crippen molar-refractivity contribution in [2.45, 2.75) is 13.1 Å². The van der Waals surface area contributed by atoms with Crippen molar-refractivity contribution in [3.8, 4) is 11.5 Å². The highest BCUT2D eigenvalue weighted by Gasteiger charge is 2.14. The number of para-hydroxylation sites is 1. The van der Waals surface area contributed by atoms with Gasteiger partial charge in [-0.25, -0.2) is 0 Å². The van der Waals surface area contributed by atoms with Gasteiger partial charge in [0.25, 0.3) is 0 Å². The number of hydrogen-bond donors (Lipinski definition) is 0. The monoisotopic (exact) mass is 341 g/mol. The Morgan fingerprint density at radius 2 is 1.27 bits per heavy atom. The van der Waals surface area contributed by atoms with Gasteiger partial charge in [0.1, 0.15) is 0 Å². The molecule has 0 radical (unpaired) electrons. The average Bonchev–Trinajstić information content (AvgIpc) is 3.18. The van der Waals surface area contributed by atoms with Gasteiger partial charge < -0.3 is 9.32 Å². The number of nitrogens with zero attached hydrogens (tertiary/aromatic N) is 3. The normalized spacial score (nSPS) is 10.6. The van der Waals surface area contributed by atoms with Gasteiger partial charge in [0.2, 0.25) is 11.8 Å². The molecule has 0 atom stereocenters. The maximum absolute atomic E-state index is 5.90. The van der Waals surface area contributed by atoms with Crippen molar-refractivity contribution in [3.05, 3.63) is 102 Å². The maximum Gasteiger partial charge on any atom is 0.247 e. The average molecular weight is 341 g/mol. The van der Waals surface area contributed by atoms with Crippen LogP contribution in [0.3, 0.4) is 0 Å². The number of hydrogen-bond acceptors (Lipinski definition) is 4. The Bertz CT molecular complexity index is 937. The van der Waals surface area contributed by atoms with Gasteiger partial charge in [-0.15, -0.1) is 10.2 Å². The van der Waals surface area contributed by atoms with Crippen LogP contribution >= 0.6 is 0 Å². The predicted molar refractivity (Wildman–Crippen MR) is 103 cm³/mol. The van der Waals surface area contributed by atoms with Crippen LogP contribution in [0.15, 0.2) is 95.4 Å². The molecule has 0 N–H and O–H groups in total. The van der Waals surface area contributed by atoms with Crippen LogP contribution in [-0.2, 0) is 13.1 Å². The van der Waals surface area contributed by atoms with Crippen molar-refractivity contribution in [1.29, 1.82) is 0 Å². The van der Waals surface area contributed by atoms with E-state index in [1.54, 1.807) is 0 Å². The molecule has 0 spiro atoms. The molecule has 3 aromatic carbocycles. The highest BCUT2D eigenvalue weighted by Crippen LogP contribution is 2.22. The van der Waals surface area contributed by atoms with Gasteiger partial charge in [0.15, 0.2) is 0 Å². The largest absolute Gasteiger partial charge is 0.419 e. The molecule has 0 saturated carbocycles. The second-order valence-electron chi connectivity index (χ2n) is 6.04. The van der Waals surface area contributed by atoms with Crippen molar-refractivity contribution in [2.75, 3.05) is 4.90 Å². The fourth-order valence-corrected chi connectivity index (χ4v) is 2.86. The standard InChI is InChI=1S/C22H19N3O/c1-4-10-18(11-5-1)16-25(20-14-8-3-9-15-20)17-21-23-24-22(26-21)19-12-6-2-7-13-19/h1-15H,16-17H2. The Kier molecular flexibility index (Phi) is 4.74. The molecule has 4 rings (SSSR count). The molecule has 1 aromatic heterocycles. The fraction of sp³-hybridized carbons (Fsp3) is 0.0909. The van der Waals surface area contributed by atoms with E-state index in [9.17, 15) is 0 Å². The molecule has 0 amide bonds. The lowest BCUT2D eigenvalue weighted by Gasteiger charge is -2.23. The lowest BCUT2D eigenvalue weighted by molar-refractivity contribution is 0.497. The summed E-state index contributed by atoms with van der Waals surface area (Å²) in [7, 11) is 0. The van der Waals surface area contributed by atoms with Gasteiger partial charge in [0, 0.05) is 17.8 Å². The summed E-state index contributed by atoms with van der Waals surface area (Å²) in [5.74, 6) is 1.15. The van der Waals surface area contributed by atoms with Crippen molar-refractivity contribution in [3.63, 3.8) is 0 Å². The zero-order valence-electron chi connectivity index (χ0n) is 14.3. The van der Waals surface area contributed by atoms with Crippen LogP contribution in [0, 0.1) is 0 Å². The van der Waals surface area contributed by atoms with E-state index in [4.69, 9.17) is 4.42 Å². The second-order valence-corrected chi connectivity index (χ2v) is 6.04. The van der Waals surface area contributed by atoms with E-state index in [1.165, 1.54) is 5.56 Å². The summed E-state index contributed by atoms with van der Waals surface area (Å²) in [5, 5.41) is 8.44. The Balaban J connectivity index is 1.58. The molecule has 26 heavy (non-hydrogen) atoms. The number of benzene rings is 3. The van der Waals surface area contributed by atoms with Crippen molar-refractivity contribution >= 4 is 5.69 Å². The van der Waals surface area contributed by atoms with E-state index in [0.717, 1.165) is 17.8 Å². The Hall–Kier alpha value is -3.40. The highest BCUT2D eigenvalue weighted by atomic mass is 16.4. The lowest BCUT2D eigenvalue weighted by Crippen LogP contribution is -2.22. The first-order valence-corrected chi connectivity index (χ1v) is 8.60. The number of rotatable bonds is 6. The Morgan fingerprint density at radius 1 is 0.654 bits per heavy atom. The Morgan fingerprint density at radius 3 is 1.96 bits per heavy atom. The van der Waals surface area contributed by atoms with Crippen LogP contribution in [0.2, 0.25) is 0 Å². The first-order valence-electron chi connectivity index (χ1n) is 8.60. The third kappa shape index (κ3) is 3.81. The van der Waals surface area contributed by atoms with Crippen LogP contribution in [0.4, 0.5) is 5.69 Å². The first kappa shape index (κ1) is 16.1. The van der Waals surface area contributed by atoms with Crippen molar-refractivity contribution < 1.29 is 4.42 Å². The molecule has 128 valence electrons. The van der Waals surface area contributed by atoms with Crippen LogP contribution in [0.1, 0.15) is 11.5 Å². The molecule has 0 fully saturated rings. The third-order valence-corrected chi connectivity index (χ3v) is 4.15. The fourth-order valence-electron chi connectivity index (χ4n) is 2.86. The summed E-state index contributed by atoms with van der Waals surface area (Å²) in [6.45, 7) is 1.33. The molecule has 4 aromatic rings. The van der Waals surface area contributed by atoms with Gasteiger partial charge >= 0.3 is 0 Å². The molecule has 0 bridgehead atoms. The minimum absolute atomic E-state index is 0.549. The van der Waals surface area contributed by atoms with E-state index in [0.29, 0.717) is 18.3 Å². The Labute approximate surface area is 152 Å². The van der Waals surface area contributed by atoms with Crippen LogP contribution < -0.4 is 4.90 Å². The third-order valence-electron chi connectivity index (χ3n) is 4.15. The molecule has 1 heterocycles. The van der Waals surface area contributed by atoms with E-state index in [2.05, 4.69) is 51.5 Å². The number of anilines is 1. The van der Waals surface area contributed by atoms with Gasteiger partial charge in [-0.3, -0.25) is 0 Å². The summed E-state index contributed by atoms with van der Waals surface area (Å²) in [5.41, 5.74) is 3.29. The smallest absolute Gasteiger partial charge is 0.247 e. The zero-order chi connectivity index (χ0) is 17.6. The summed E-state index contributed by atoms with van der Waals surface area (Å²) < 4.78 is 5.90. The van der Waals surface area contributed by atoms with Gasteiger partial charge in [-0.1, -0.05) is 66.7 Å². The van der Waals surface area contributed by atoms with Crippen molar-refractivity contribution in [1.82, 2.24) is 10.2 Å². The molecule has 4 heteroatoms. The molecular formula is C22H19N3O. The topological polar surface area (TPSA) is 42.2 Å².